The number of hydrazine groups is 1. The molecule has 11 heavy (non-hydrogen) atoms. The molecule has 2 nitrogen and oxygen atoms in total. The maximum Gasteiger partial charge on any atom is 0.0184 e. The molecule has 0 bridgehead atoms. The zero-order chi connectivity index (χ0) is 8.53. The smallest absolute Gasteiger partial charge is 0.0184 e. The minimum atomic E-state index is 0.612. The second-order valence-corrected chi connectivity index (χ2v) is 3.07. The predicted molar refractivity (Wildman–Crippen MR) is 50.4 cm³/mol. The van der Waals surface area contributed by atoms with Gasteiger partial charge in [-0.05, 0) is 13.3 Å². The number of rotatable bonds is 7. The fourth-order valence-electron chi connectivity index (χ4n) is 1.05. The van der Waals surface area contributed by atoms with Gasteiger partial charge < -0.3 is 0 Å². The van der Waals surface area contributed by atoms with Crippen LogP contribution in [0.5, 0.6) is 0 Å². The summed E-state index contributed by atoms with van der Waals surface area (Å²) < 4.78 is 0. The van der Waals surface area contributed by atoms with Crippen LogP contribution in [-0.4, -0.2) is 12.6 Å². The Morgan fingerprint density at radius 3 is 2.45 bits per heavy atom. The molecule has 1 unspecified atom stereocenters. The van der Waals surface area contributed by atoms with Crippen molar-refractivity contribution in [3.05, 3.63) is 0 Å². The van der Waals surface area contributed by atoms with Crippen molar-refractivity contribution in [2.75, 3.05) is 6.54 Å². The van der Waals surface area contributed by atoms with Crippen LogP contribution in [0.2, 0.25) is 0 Å². The molecule has 0 heterocycles. The topological polar surface area (TPSA) is 24.1 Å². The summed E-state index contributed by atoms with van der Waals surface area (Å²) in [4.78, 5) is 0. The lowest BCUT2D eigenvalue weighted by atomic mass is 10.1. The van der Waals surface area contributed by atoms with Crippen LogP contribution in [0.25, 0.3) is 0 Å². The molecular weight excluding hydrogens is 136 g/mol. The first-order valence-corrected chi connectivity index (χ1v) is 4.79. The molecule has 0 saturated heterocycles. The highest BCUT2D eigenvalue weighted by Gasteiger charge is 1.97. The third kappa shape index (κ3) is 7.82. The van der Waals surface area contributed by atoms with Gasteiger partial charge in [-0.25, -0.2) is 0 Å². The monoisotopic (exact) mass is 158 g/mol. The van der Waals surface area contributed by atoms with Gasteiger partial charge in [0, 0.05) is 12.6 Å². The average Bonchev–Trinajstić information content (AvgIpc) is 2.01. The van der Waals surface area contributed by atoms with Crippen molar-refractivity contribution in [3.63, 3.8) is 0 Å². The molecule has 0 spiro atoms. The predicted octanol–water partition coefficient (Wildman–Crippen LogP) is 2.07. The number of hydrogen-bond donors (Lipinski definition) is 2. The van der Waals surface area contributed by atoms with Gasteiger partial charge in [0.2, 0.25) is 0 Å². The molecular formula is C9H22N2. The third-order valence-electron chi connectivity index (χ3n) is 1.77. The van der Waals surface area contributed by atoms with E-state index in [1.54, 1.807) is 0 Å². The minimum absolute atomic E-state index is 0.612. The quantitative estimate of drug-likeness (QED) is 0.438. The molecule has 0 aromatic rings. The van der Waals surface area contributed by atoms with E-state index in [9.17, 15) is 0 Å². The Balaban J connectivity index is 3.02. The van der Waals surface area contributed by atoms with Crippen LogP contribution in [0.1, 0.15) is 46.5 Å². The fraction of sp³-hybridized carbons (Fsp3) is 1.00. The van der Waals surface area contributed by atoms with Crippen LogP contribution in [-0.2, 0) is 0 Å². The molecule has 0 aliphatic heterocycles. The van der Waals surface area contributed by atoms with Crippen LogP contribution in [0, 0.1) is 0 Å². The third-order valence-corrected chi connectivity index (χ3v) is 1.77. The lowest BCUT2D eigenvalue weighted by molar-refractivity contribution is 0.426. The maximum atomic E-state index is 3.24. The number of nitrogens with one attached hydrogen (secondary N) is 2. The Hall–Kier alpha value is -0.0800. The second-order valence-electron chi connectivity index (χ2n) is 3.07. The van der Waals surface area contributed by atoms with Crippen molar-refractivity contribution < 1.29 is 0 Å². The Bertz CT molecular complexity index is 74.0. The van der Waals surface area contributed by atoms with Crippen molar-refractivity contribution in [2.24, 2.45) is 0 Å². The molecule has 2 heteroatoms. The summed E-state index contributed by atoms with van der Waals surface area (Å²) in [6, 6.07) is 0.612. The van der Waals surface area contributed by atoms with E-state index in [0.29, 0.717) is 6.04 Å². The van der Waals surface area contributed by atoms with Gasteiger partial charge in [0.1, 0.15) is 0 Å². The van der Waals surface area contributed by atoms with Gasteiger partial charge in [-0.2, -0.15) is 0 Å². The molecule has 0 aromatic carbocycles. The Labute approximate surface area is 70.7 Å². The maximum absolute atomic E-state index is 3.24. The molecule has 0 aromatic heterocycles. The van der Waals surface area contributed by atoms with Crippen LogP contribution >= 0.6 is 0 Å². The first kappa shape index (κ1) is 10.9. The molecule has 1 atom stereocenters. The van der Waals surface area contributed by atoms with Gasteiger partial charge >= 0.3 is 0 Å². The van der Waals surface area contributed by atoms with Gasteiger partial charge in [-0.15, -0.1) is 0 Å². The summed E-state index contributed by atoms with van der Waals surface area (Å²) >= 11 is 0. The zero-order valence-corrected chi connectivity index (χ0v) is 8.11. The van der Waals surface area contributed by atoms with E-state index in [1.807, 2.05) is 0 Å². The summed E-state index contributed by atoms with van der Waals surface area (Å²) in [5.41, 5.74) is 6.37. The largest absolute Gasteiger partial charge is 0.258 e. The Morgan fingerprint density at radius 1 is 1.18 bits per heavy atom. The number of unbranched alkanes of at least 4 members (excludes halogenated alkanes) is 2. The molecule has 2 N–H and O–H groups in total. The fourth-order valence-corrected chi connectivity index (χ4v) is 1.05. The lowest BCUT2D eigenvalue weighted by Crippen LogP contribution is -2.38. The van der Waals surface area contributed by atoms with Gasteiger partial charge in [-0.1, -0.05) is 33.1 Å². The normalized spacial score (nSPS) is 13.4. The summed E-state index contributed by atoms with van der Waals surface area (Å²) in [5.74, 6) is 0. The molecule has 0 fully saturated rings. The second kappa shape index (κ2) is 8.02. The summed E-state index contributed by atoms with van der Waals surface area (Å²) in [6.07, 6.45) is 5.29. The van der Waals surface area contributed by atoms with E-state index in [2.05, 4.69) is 31.6 Å². The van der Waals surface area contributed by atoms with Crippen molar-refractivity contribution in [2.45, 2.75) is 52.5 Å². The Kier molecular flexibility index (Phi) is 7.96. The van der Waals surface area contributed by atoms with Crippen LogP contribution in [0.15, 0.2) is 0 Å². The van der Waals surface area contributed by atoms with Crippen LogP contribution in [0.4, 0.5) is 0 Å². The molecule has 0 radical (unpaired) electrons. The average molecular weight is 158 g/mol. The highest BCUT2D eigenvalue weighted by molar-refractivity contribution is 4.56. The van der Waals surface area contributed by atoms with E-state index in [4.69, 9.17) is 0 Å². The molecule has 0 amide bonds. The summed E-state index contributed by atoms with van der Waals surface area (Å²) in [6.45, 7) is 7.56. The van der Waals surface area contributed by atoms with Gasteiger partial charge in [0.15, 0.2) is 0 Å². The van der Waals surface area contributed by atoms with Gasteiger partial charge in [-0.3, -0.25) is 10.9 Å². The van der Waals surface area contributed by atoms with Crippen molar-refractivity contribution >= 4 is 0 Å². The van der Waals surface area contributed by atoms with Crippen LogP contribution in [0.3, 0.4) is 0 Å². The summed E-state index contributed by atoms with van der Waals surface area (Å²) in [7, 11) is 0. The standard InChI is InChI=1S/C9H22N2/c1-4-6-7-8-9(3)11-10-5-2/h9-11H,4-8H2,1-3H3. The zero-order valence-electron chi connectivity index (χ0n) is 8.11. The molecule has 0 rings (SSSR count). The van der Waals surface area contributed by atoms with E-state index in [0.717, 1.165) is 6.54 Å². The van der Waals surface area contributed by atoms with Crippen molar-refractivity contribution in [3.8, 4) is 0 Å². The SMILES string of the molecule is CCCCCC(C)NNCC. The van der Waals surface area contributed by atoms with Crippen molar-refractivity contribution in [1.82, 2.24) is 10.9 Å². The first-order chi connectivity index (χ1) is 5.31. The van der Waals surface area contributed by atoms with E-state index >= 15 is 0 Å². The van der Waals surface area contributed by atoms with Gasteiger partial charge in [0.05, 0.1) is 0 Å². The first-order valence-electron chi connectivity index (χ1n) is 4.79. The lowest BCUT2D eigenvalue weighted by Gasteiger charge is -2.12. The molecule has 0 aliphatic rings. The minimum Gasteiger partial charge on any atom is -0.258 e. The summed E-state index contributed by atoms with van der Waals surface area (Å²) in [5, 5.41) is 0. The number of hydrogen-bond acceptors (Lipinski definition) is 2. The van der Waals surface area contributed by atoms with E-state index in [1.165, 1.54) is 25.7 Å². The van der Waals surface area contributed by atoms with E-state index < -0.39 is 0 Å². The highest BCUT2D eigenvalue weighted by Crippen LogP contribution is 2.01. The van der Waals surface area contributed by atoms with Crippen LogP contribution < -0.4 is 10.9 Å². The van der Waals surface area contributed by atoms with Crippen molar-refractivity contribution in [1.29, 1.82) is 0 Å². The van der Waals surface area contributed by atoms with Gasteiger partial charge in [0.25, 0.3) is 0 Å². The Morgan fingerprint density at radius 2 is 1.91 bits per heavy atom. The molecule has 0 saturated carbocycles. The highest BCUT2D eigenvalue weighted by atomic mass is 15.4. The molecule has 68 valence electrons. The molecule has 0 aliphatic carbocycles. The van der Waals surface area contributed by atoms with E-state index in [-0.39, 0.29) is 0 Å².